The number of nitrogens with zero attached hydrogens (tertiary/aromatic N) is 6. The molecule has 0 saturated carbocycles. The number of sulfonamides is 1. The molecule has 3 aromatic rings. The smallest absolute Gasteiger partial charge is 0.276 e. The molecular formula is C17H22N6O4S. The normalized spacial score (nSPS) is 16.6. The van der Waals surface area contributed by atoms with Gasteiger partial charge in [-0.05, 0) is 26.0 Å². The molecule has 3 aromatic heterocycles. The van der Waals surface area contributed by atoms with Crippen molar-refractivity contribution in [3.05, 3.63) is 36.0 Å². The third kappa shape index (κ3) is 3.60. The maximum atomic E-state index is 12.9. The lowest BCUT2D eigenvalue weighted by Crippen LogP contribution is -2.49. The van der Waals surface area contributed by atoms with Crippen LogP contribution in [0.2, 0.25) is 0 Å². The van der Waals surface area contributed by atoms with Gasteiger partial charge in [0.1, 0.15) is 12.7 Å². The SMILES string of the molecule is Cc1noc(-c2ccc(S(=O)(=O)N3CCN(CCn4cncn4)CC3)o2)c1C. The highest BCUT2D eigenvalue weighted by Crippen LogP contribution is 2.30. The lowest BCUT2D eigenvalue weighted by atomic mass is 10.2. The van der Waals surface area contributed by atoms with Crippen LogP contribution in [0.1, 0.15) is 11.3 Å². The van der Waals surface area contributed by atoms with E-state index in [1.54, 1.807) is 17.1 Å². The van der Waals surface area contributed by atoms with Crippen molar-refractivity contribution in [2.24, 2.45) is 0 Å². The Morgan fingerprint density at radius 2 is 1.89 bits per heavy atom. The summed E-state index contributed by atoms with van der Waals surface area (Å²) < 4.78 is 39.9. The summed E-state index contributed by atoms with van der Waals surface area (Å²) in [6, 6.07) is 3.08. The standard InChI is InChI=1S/C17H22N6O4S/c1-13-14(2)20-27-17(13)15-3-4-16(26-15)28(24,25)23-9-6-21(7-10-23)5-8-22-12-18-11-19-22/h3-4,11-12H,5-10H2,1-2H3. The second kappa shape index (κ2) is 7.49. The summed E-state index contributed by atoms with van der Waals surface area (Å²) >= 11 is 0. The van der Waals surface area contributed by atoms with Gasteiger partial charge >= 0.3 is 0 Å². The van der Waals surface area contributed by atoms with Crippen LogP contribution in [0.15, 0.2) is 38.8 Å². The monoisotopic (exact) mass is 406 g/mol. The predicted molar refractivity (Wildman–Crippen MR) is 98.9 cm³/mol. The van der Waals surface area contributed by atoms with Gasteiger partial charge in [-0.2, -0.15) is 9.40 Å². The minimum atomic E-state index is -3.69. The summed E-state index contributed by atoms with van der Waals surface area (Å²) in [5, 5.41) is 7.89. The van der Waals surface area contributed by atoms with Gasteiger partial charge in [0.25, 0.3) is 10.0 Å². The summed E-state index contributed by atoms with van der Waals surface area (Å²) in [7, 11) is -3.69. The van der Waals surface area contributed by atoms with E-state index in [9.17, 15) is 8.42 Å². The Morgan fingerprint density at radius 1 is 1.11 bits per heavy atom. The zero-order valence-corrected chi connectivity index (χ0v) is 16.6. The third-order valence-electron chi connectivity index (χ3n) is 5.00. The van der Waals surface area contributed by atoms with Gasteiger partial charge in [0, 0.05) is 38.3 Å². The van der Waals surface area contributed by atoms with Crippen LogP contribution >= 0.6 is 0 Å². The number of aromatic nitrogens is 4. The third-order valence-corrected chi connectivity index (χ3v) is 6.77. The molecule has 0 radical (unpaired) electrons. The molecule has 1 aliphatic heterocycles. The number of piperazine rings is 1. The minimum Gasteiger partial charge on any atom is -0.440 e. The van der Waals surface area contributed by atoms with Crippen molar-refractivity contribution in [1.29, 1.82) is 0 Å². The molecule has 4 rings (SSSR count). The van der Waals surface area contributed by atoms with E-state index < -0.39 is 10.0 Å². The Labute approximate surface area is 162 Å². The molecule has 1 saturated heterocycles. The Kier molecular flexibility index (Phi) is 5.04. The number of hydrogen-bond donors (Lipinski definition) is 0. The molecule has 4 heterocycles. The van der Waals surface area contributed by atoms with E-state index in [1.165, 1.54) is 16.7 Å². The van der Waals surface area contributed by atoms with Gasteiger partial charge in [-0.15, -0.1) is 0 Å². The molecule has 1 fully saturated rings. The molecule has 0 N–H and O–H groups in total. The summed E-state index contributed by atoms with van der Waals surface area (Å²) in [6.07, 6.45) is 3.18. The van der Waals surface area contributed by atoms with Crippen molar-refractivity contribution in [2.75, 3.05) is 32.7 Å². The first kappa shape index (κ1) is 18.8. The Morgan fingerprint density at radius 3 is 2.54 bits per heavy atom. The van der Waals surface area contributed by atoms with E-state index in [0.717, 1.165) is 24.3 Å². The van der Waals surface area contributed by atoms with Crippen molar-refractivity contribution in [1.82, 2.24) is 29.1 Å². The molecule has 1 aliphatic rings. The molecule has 0 amide bonds. The maximum absolute atomic E-state index is 12.9. The lowest BCUT2D eigenvalue weighted by molar-refractivity contribution is 0.179. The highest BCUT2D eigenvalue weighted by Gasteiger charge is 2.31. The first-order valence-electron chi connectivity index (χ1n) is 9.03. The molecule has 0 spiro atoms. The van der Waals surface area contributed by atoms with E-state index in [4.69, 9.17) is 8.94 Å². The van der Waals surface area contributed by atoms with Crippen molar-refractivity contribution < 1.29 is 17.4 Å². The summed E-state index contributed by atoms with van der Waals surface area (Å²) in [5.41, 5.74) is 1.58. The second-order valence-electron chi connectivity index (χ2n) is 6.75. The predicted octanol–water partition coefficient (Wildman–Crippen LogP) is 1.15. The Balaban J connectivity index is 1.40. The molecule has 10 nitrogen and oxygen atoms in total. The lowest BCUT2D eigenvalue weighted by Gasteiger charge is -2.33. The number of furan rings is 1. The molecular weight excluding hydrogens is 384 g/mol. The summed E-state index contributed by atoms with van der Waals surface area (Å²) in [6.45, 7) is 7.34. The molecule has 28 heavy (non-hydrogen) atoms. The minimum absolute atomic E-state index is 0.0768. The van der Waals surface area contributed by atoms with Gasteiger partial charge in [0.2, 0.25) is 10.9 Å². The van der Waals surface area contributed by atoms with E-state index in [1.807, 2.05) is 13.8 Å². The van der Waals surface area contributed by atoms with Crippen LogP contribution in [0, 0.1) is 13.8 Å². The average Bonchev–Trinajstić information content (AvgIpc) is 3.43. The van der Waals surface area contributed by atoms with Crippen LogP contribution in [0.5, 0.6) is 0 Å². The van der Waals surface area contributed by atoms with Crippen LogP contribution in [0.3, 0.4) is 0 Å². The molecule has 0 bridgehead atoms. The van der Waals surface area contributed by atoms with Crippen LogP contribution in [-0.4, -0.2) is 70.3 Å². The summed E-state index contributed by atoms with van der Waals surface area (Å²) in [5.74, 6) is 0.819. The molecule has 0 aromatic carbocycles. The average molecular weight is 406 g/mol. The van der Waals surface area contributed by atoms with Gasteiger partial charge in [0.15, 0.2) is 5.76 Å². The first-order chi connectivity index (χ1) is 13.4. The zero-order chi connectivity index (χ0) is 19.7. The fourth-order valence-electron chi connectivity index (χ4n) is 3.14. The van der Waals surface area contributed by atoms with E-state index >= 15 is 0 Å². The molecule has 0 aliphatic carbocycles. The largest absolute Gasteiger partial charge is 0.440 e. The van der Waals surface area contributed by atoms with E-state index in [0.29, 0.717) is 37.7 Å². The van der Waals surface area contributed by atoms with Crippen molar-refractivity contribution >= 4 is 10.0 Å². The first-order valence-corrected chi connectivity index (χ1v) is 10.5. The maximum Gasteiger partial charge on any atom is 0.276 e. The van der Waals surface area contributed by atoms with Crippen molar-refractivity contribution in [2.45, 2.75) is 25.5 Å². The second-order valence-corrected chi connectivity index (χ2v) is 8.61. The van der Waals surface area contributed by atoms with Crippen molar-refractivity contribution in [3.8, 4) is 11.5 Å². The summed E-state index contributed by atoms with van der Waals surface area (Å²) in [4.78, 5) is 6.13. The highest BCUT2D eigenvalue weighted by atomic mass is 32.2. The van der Waals surface area contributed by atoms with Crippen LogP contribution in [0.25, 0.3) is 11.5 Å². The molecule has 0 atom stereocenters. The van der Waals surface area contributed by atoms with Gasteiger partial charge in [-0.25, -0.2) is 13.4 Å². The zero-order valence-electron chi connectivity index (χ0n) is 15.8. The fraction of sp³-hybridized carbons (Fsp3) is 0.471. The Bertz CT molecular complexity index is 1030. The molecule has 0 unspecified atom stereocenters. The van der Waals surface area contributed by atoms with Crippen LogP contribution in [0.4, 0.5) is 0 Å². The van der Waals surface area contributed by atoms with E-state index in [2.05, 4.69) is 20.1 Å². The molecule has 11 heteroatoms. The van der Waals surface area contributed by atoms with E-state index in [-0.39, 0.29) is 5.09 Å². The van der Waals surface area contributed by atoms with Crippen LogP contribution in [-0.2, 0) is 16.6 Å². The fourth-order valence-corrected chi connectivity index (χ4v) is 4.47. The van der Waals surface area contributed by atoms with Crippen molar-refractivity contribution in [3.63, 3.8) is 0 Å². The topological polar surface area (TPSA) is 111 Å². The quantitative estimate of drug-likeness (QED) is 0.599. The van der Waals surface area contributed by atoms with Crippen LogP contribution < -0.4 is 0 Å². The van der Waals surface area contributed by atoms with Gasteiger partial charge < -0.3 is 8.94 Å². The van der Waals surface area contributed by atoms with Gasteiger partial charge in [0.05, 0.1) is 12.2 Å². The number of rotatable bonds is 6. The number of aryl methyl sites for hydroxylation is 1. The Hall–Kier alpha value is -2.50. The number of hydrogen-bond acceptors (Lipinski definition) is 8. The van der Waals surface area contributed by atoms with Gasteiger partial charge in [-0.1, -0.05) is 5.16 Å². The molecule has 150 valence electrons. The highest BCUT2D eigenvalue weighted by molar-refractivity contribution is 7.89. The van der Waals surface area contributed by atoms with Gasteiger partial charge in [-0.3, -0.25) is 9.58 Å².